The van der Waals surface area contributed by atoms with Crippen LogP contribution >= 0.6 is 11.8 Å². The molecule has 0 saturated heterocycles. The molecule has 0 saturated carbocycles. The molecule has 0 amide bonds. The summed E-state index contributed by atoms with van der Waals surface area (Å²) in [5, 5.41) is 18.2. The predicted molar refractivity (Wildman–Crippen MR) is 87.2 cm³/mol. The van der Waals surface area contributed by atoms with Crippen LogP contribution in [0.1, 0.15) is 11.4 Å². The van der Waals surface area contributed by atoms with Gasteiger partial charge in [-0.1, -0.05) is 36.1 Å². The summed E-state index contributed by atoms with van der Waals surface area (Å²) < 4.78 is 1.85. The van der Waals surface area contributed by atoms with Gasteiger partial charge in [0, 0.05) is 29.1 Å². The summed E-state index contributed by atoms with van der Waals surface area (Å²) in [6.45, 7) is 0. The van der Waals surface area contributed by atoms with Gasteiger partial charge in [0.15, 0.2) is 0 Å². The van der Waals surface area contributed by atoms with Crippen molar-refractivity contribution in [3.05, 3.63) is 53.9 Å². The Bertz CT molecular complexity index is 793. The molecule has 1 heterocycles. The first kappa shape index (κ1) is 21.5. The van der Waals surface area contributed by atoms with Gasteiger partial charge in [-0.05, 0) is 22.9 Å². The molecule has 0 unspecified atom stereocenters. The number of hydrogen-bond donors (Lipinski definition) is 0. The summed E-state index contributed by atoms with van der Waals surface area (Å²) in [5.74, 6) is 1.38. The molecular weight excluding hydrogens is 346 g/mol. The van der Waals surface area contributed by atoms with Gasteiger partial charge >= 0.3 is 59.1 Å². The fourth-order valence-electron chi connectivity index (χ4n) is 2.27. The monoisotopic (exact) mass is 360 g/mol. The van der Waals surface area contributed by atoms with E-state index in [-0.39, 0.29) is 64.9 Å². The van der Waals surface area contributed by atoms with Crippen LogP contribution in [-0.4, -0.2) is 9.78 Å². The van der Waals surface area contributed by atoms with E-state index in [0.29, 0.717) is 5.75 Å². The van der Waals surface area contributed by atoms with Gasteiger partial charge in [-0.15, -0.1) is 17.5 Å². The fraction of sp³-hybridized carbons (Fsp3) is 0.188. The molecule has 3 nitrogen and oxygen atoms in total. The minimum atomic E-state index is 0. The maximum atomic E-state index is 12.1. The Morgan fingerprint density at radius 2 is 1.91 bits per heavy atom. The quantitative estimate of drug-likeness (QED) is 0.282. The molecule has 2 aromatic carbocycles. The summed E-state index contributed by atoms with van der Waals surface area (Å²) in [5.41, 5.74) is 2.03. The average Bonchev–Trinajstić information content (AvgIpc) is 2.86. The number of aromatic nitrogens is 2. The third-order valence-corrected chi connectivity index (χ3v) is 4.66. The minimum absolute atomic E-state index is 0. The summed E-state index contributed by atoms with van der Waals surface area (Å²) >= 11 is 6.66. The molecule has 23 heavy (non-hydrogen) atoms. The number of rotatable bonds is 4. The van der Waals surface area contributed by atoms with Gasteiger partial charge in [0.05, 0.1) is 0 Å². The average molecular weight is 360 g/mol. The molecule has 0 aliphatic rings. The van der Waals surface area contributed by atoms with Gasteiger partial charge in [0.1, 0.15) is 0 Å². The number of aryl methyl sites for hydroxylation is 1. The van der Waals surface area contributed by atoms with E-state index in [1.165, 1.54) is 0 Å². The molecule has 0 N–H and O–H groups in total. The maximum Gasteiger partial charge on any atom is 1.00 e. The predicted octanol–water partition coefficient (Wildman–Crippen LogP) is -3.01. The van der Waals surface area contributed by atoms with Crippen LogP contribution in [-0.2, 0) is 31.2 Å². The van der Waals surface area contributed by atoms with Crippen molar-refractivity contribution in [2.45, 2.75) is 16.4 Å². The zero-order chi connectivity index (χ0) is 14.8. The maximum absolute atomic E-state index is 12.1. The van der Waals surface area contributed by atoms with Gasteiger partial charge in [-0.25, -0.2) is 0 Å². The van der Waals surface area contributed by atoms with Crippen LogP contribution in [0.5, 0.6) is 5.75 Å². The van der Waals surface area contributed by atoms with Gasteiger partial charge in [0.2, 0.25) is 0 Å². The third-order valence-electron chi connectivity index (χ3n) is 3.36. The van der Waals surface area contributed by atoms with E-state index in [1.807, 2.05) is 42.1 Å². The Kier molecular flexibility index (Phi) is 9.12. The van der Waals surface area contributed by atoms with Crippen molar-refractivity contribution in [3.63, 3.8) is 0 Å². The summed E-state index contributed by atoms with van der Waals surface area (Å²) in [6.07, 6.45) is 0. The zero-order valence-corrected chi connectivity index (χ0v) is 19.2. The molecule has 7 heteroatoms. The standard InChI is InChI=1S/C16H16N2OS2.2Na/c1-18-13(7-12(9-20)17-18)10-21-14-6-11-4-2-3-5-15(11)16(19)8-14;;/h2-8,19-20H,9-10H2,1H3;;/q;2*+1/p-2. The first-order valence-electron chi connectivity index (χ1n) is 6.60. The Hall–Kier alpha value is 0.410. The van der Waals surface area contributed by atoms with Gasteiger partial charge in [0.25, 0.3) is 0 Å². The molecular formula is C16H14N2Na2OS2. The molecule has 3 rings (SSSR count). The van der Waals surface area contributed by atoms with E-state index in [2.05, 4.69) is 11.2 Å². The molecule has 0 radical (unpaired) electrons. The molecule has 1 aromatic heterocycles. The van der Waals surface area contributed by atoms with E-state index in [9.17, 15) is 5.11 Å². The first-order chi connectivity index (χ1) is 10.2. The molecule has 108 valence electrons. The molecule has 0 aliphatic carbocycles. The zero-order valence-electron chi connectivity index (χ0n) is 13.6. The molecule has 0 spiro atoms. The number of hydrogen-bond acceptors (Lipinski definition) is 4. The Morgan fingerprint density at radius 1 is 1.17 bits per heavy atom. The summed E-state index contributed by atoms with van der Waals surface area (Å²) in [4.78, 5) is 0.986. The van der Waals surface area contributed by atoms with Gasteiger partial charge in [-0.2, -0.15) is 5.10 Å². The van der Waals surface area contributed by atoms with Crippen molar-refractivity contribution in [3.8, 4) is 5.75 Å². The minimum Gasteiger partial charge on any atom is -0.872 e. The van der Waals surface area contributed by atoms with Crippen LogP contribution in [0.25, 0.3) is 10.8 Å². The summed E-state index contributed by atoms with van der Waals surface area (Å²) in [6, 6.07) is 13.5. The van der Waals surface area contributed by atoms with Crippen LogP contribution in [0, 0.1) is 0 Å². The first-order valence-corrected chi connectivity index (χ1v) is 8.16. The van der Waals surface area contributed by atoms with E-state index < -0.39 is 0 Å². The second-order valence-electron chi connectivity index (χ2n) is 4.83. The molecule has 3 aromatic rings. The molecule has 0 bridgehead atoms. The Balaban J connectivity index is 0.00000132. The summed E-state index contributed by atoms with van der Waals surface area (Å²) in [7, 11) is 1.92. The normalized spacial score (nSPS) is 10.2. The largest absolute Gasteiger partial charge is 1.00 e. The smallest absolute Gasteiger partial charge is 0.872 e. The van der Waals surface area contributed by atoms with Crippen molar-refractivity contribution >= 4 is 35.2 Å². The van der Waals surface area contributed by atoms with Crippen molar-refractivity contribution in [1.29, 1.82) is 0 Å². The van der Waals surface area contributed by atoms with Crippen molar-refractivity contribution in [2.75, 3.05) is 0 Å². The van der Waals surface area contributed by atoms with E-state index >= 15 is 0 Å². The molecule has 0 fully saturated rings. The van der Waals surface area contributed by atoms with Gasteiger partial charge < -0.3 is 17.7 Å². The molecule has 0 atom stereocenters. The topological polar surface area (TPSA) is 40.9 Å². The molecule has 0 aliphatic heterocycles. The van der Waals surface area contributed by atoms with Gasteiger partial charge in [-0.3, -0.25) is 4.68 Å². The van der Waals surface area contributed by atoms with E-state index in [0.717, 1.165) is 32.8 Å². The van der Waals surface area contributed by atoms with Crippen LogP contribution < -0.4 is 64.2 Å². The van der Waals surface area contributed by atoms with E-state index in [4.69, 9.17) is 12.6 Å². The second-order valence-corrected chi connectivity index (χ2v) is 6.16. The SMILES string of the molecule is Cn1nc(C[S-])cc1CSc1cc([O-])c2ccccc2c1.[Na+].[Na+]. The van der Waals surface area contributed by atoms with Crippen molar-refractivity contribution in [2.24, 2.45) is 7.05 Å². The number of benzene rings is 2. The number of fused-ring (bicyclic) bond motifs is 1. The Labute approximate surface area is 190 Å². The van der Waals surface area contributed by atoms with Crippen LogP contribution in [0.15, 0.2) is 47.4 Å². The fourth-order valence-corrected chi connectivity index (χ4v) is 3.39. The van der Waals surface area contributed by atoms with Crippen LogP contribution in [0.4, 0.5) is 0 Å². The second kappa shape index (κ2) is 9.78. The third kappa shape index (κ3) is 5.19. The number of thioether (sulfide) groups is 1. The van der Waals surface area contributed by atoms with Crippen molar-refractivity contribution in [1.82, 2.24) is 9.78 Å². The van der Waals surface area contributed by atoms with Crippen LogP contribution in [0.2, 0.25) is 0 Å². The number of nitrogens with zero attached hydrogens (tertiary/aromatic N) is 2. The Morgan fingerprint density at radius 3 is 2.61 bits per heavy atom. The van der Waals surface area contributed by atoms with E-state index in [1.54, 1.807) is 17.8 Å². The van der Waals surface area contributed by atoms with Crippen molar-refractivity contribution < 1.29 is 64.2 Å². The van der Waals surface area contributed by atoms with Crippen LogP contribution in [0.3, 0.4) is 0 Å².